The second-order valence-corrected chi connectivity index (χ2v) is 5.39. The van der Waals surface area contributed by atoms with E-state index in [9.17, 15) is 9.59 Å². The molecule has 6 heteroatoms. The van der Waals surface area contributed by atoms with Gasteiger partial charge in [0.15, 0.2) is 0 Å². The fraction of sp³-hybridized carbons (Fsp3) is 0.846. The van der Waals surface area contributed by atoms with Crippen LogP contribution in [0, 0.1) is 5.92 Å². The van der Waals surface area contributed by atoms with E-state index in [1.807, 2.05) is 0 Å². The molecule has 19 heavy (non-hydrogen) atoms. The molecule has 1 rings (SSSR count). The van der Waals surface area contributed by atoms with Crippen LogP contribution < -0.4 is 5.32 Å². The summed E-state index contributed by atoms with van der Waals surface area (Å²) < 4.78 is 0. The predicted molar refractivity (Wildman–Crippen MR) is 70.8 cm³/mol. The fourth-order valence-electron chi connectivity index (χ4n) is 2.56. The van der Waals surface area contributed by atoms with Crippen molar-refractivity contribution >= 4 is 12.0 Å². The van der Waals surface area contributed by atoms with Gasteiger partial charge in [0.25, 0.3) is 0 Å². The van der Waals surface area contributed by atoms with Crippen LogP contribution in [0.5, 0.6) is 0 Å². The Kier molecular flexibility index (Phi) is 6.08. The molecule has 110 valence electrons. The molecule has 1 aliphatic rings. The predicted octanol–water partition coefficient (Wildman–Crippen LogP) is 1.04. The van der Waals surface area contributed by atoms with Gasteiger partial charge in [0.2, 0.25) is 0 Å². The van der Waals surface area contributed by atoms with E-state index in [-0.39, 0.29) is 25.1 Å². The van der Waals surface area contributed by atoms with E-state index >= 15 is 0 Å². The Labute approximate surface area is 113 Å². The summed E-state index contributed by atoms with van der Waals surface area (Å²) in [5, 5.41) is 20.2. The minimum Gasteiger partial charge on any atom is -0.480 e. The van der Waals surface area contributed by atoms with Crippen molar-refractivity contribution in [1.82, 2.24) is 10.2 Å². The monoisotopic (exact) mass is 272 g/mol. The Hall–Kier alpha value is -1.30. The Bertz CT molecular complexity index is 322. The van der Waals surface area contributed by atoms with Gasteiger partial charge in [-0.05, 0) is 18.8 Å². The van der Waals surface area contributed by atoms with Gasteiger partial charge in [-0.3, -0.25) is 0 Å². The number of carboxylic acids is 1. The first-order chi connectivity index (χ1) is 8.95. The first kappa shape index (κ1) is 15.8. The molecule has 1 aliphatic carbocycles. The van der Waals surface area contributed by atoms with E-state index in [0.29, 0.717) is 5.92 Å². The zero-order chi connectivity index (χ0) is 14.4. The summed E-state index contributed by atoms with van der Waals surface area (Å²) >= 11 is 0. The average Bonchev–Trinajstić information content (AvgIpc) is 2.37. The summed E-state index contributed by atoms with van der Waals surface area (Å²) in [5.41, 5.74) is 0. The quantitative estimate of drug-likeness (QED) is 0.697. The number of carboxylic acid groups (broad SMARTS) is 1. The summed E-state index contributed by atoms with van der Waals surface area (Å²) in [4.78, 5) is 24.5. The third-order valence-electron chi connectivity index (χ3n) is 3.79. The summed E-state index contributed by atoms with van der Waals surface area (Å²) in [5.74, 6) is -0.519. The molecule has 0 aromatic heterocycles. The van der Waals surface area contributed by atoms with Crippen LogP contribution in [0.4, 0.5) is 4.79 Å². The molecular weight excluding hydrogens is 248 g/mol. The highest BCUT2D eigenvalue weighted by Gasteiger charge is 2.27. The van der Waals surface area contributed by atoms with Crippen LogP contribution >= 0.6 is 0 Å². The molecule has 3 N–H and O–H groups in total. The number of aliphatic hydroxyl groups is 1. The SMILES string of the molecule is CC1CCCC(N(C)C(=O)N[C@@H](CCO)C(=O)O)C1. The number of aliphatic hydroxyl groups excluding tert-OH is 1. The lowest BCUT2D eigenvalue weighted by Crippen LogP contribution is -2.50. The van der Waals surface area contributed by atoms with Gasteiger partial charge in [-0.1, -0.05) is 19.8 Å². The van der Waals surface area contributed by atoms with Gasteiger partial charge in [-0.15, -0.1) is 0 Å². The Morgan fingerprint density at radius 1 is 1.42 bits per heavy atom. The molecule has 2 amide bonds. The van der Waals surface area contributed by atoms with Crippen molar-refractivity contribution in [3.05, 3.63) is 0 Å². The van der Waals surface area contributed by atoms with Crippen LogP contribution in [-0.2, 0) is 4.79 Å². The zero-order valence-corrected chi connectivity index (χ0v) is 11.6. The lowest BCUT2D eigenvalue weighted by atomic mass is 9.86. The molecule has 1 fully saturated rings. The Morgan fingerprint density at radius 2 is 2.11 bits per heavy atom. The summed E-state index contributed by atoms with van der Waals surface area (Å²) in [6.07, 6.45) is 4.24. The standard InChI is InChI=1S/C13H24N2O4/c1-9-4-3-5-10(8-9)15(2)13(19)14-11(6-7-16)12(17)18/h9-11,16H,3-8H2,1-2H3,(H,14,19)(H,17,18)/t9?,10?,11-/m0/s1. The normalized spacial score (nSPS) is 24.6. The zero-order valence-electron chi connectivity index (χ0n) is 11.6. The summed E-state index contributed by atoms with van der Waals surface area (Å²) in [6.45, 7) is 1.91. The molecule has 0 aromatic rings. The van der Waals surface area contributed by atoms with Crippen LogP contribution in [0.25, 0.3) is 0 Å². The van der Waals surface area contributed by atoms with Gasteiger partial charge < -0.3 is 20.4 Å². The fourth-order valence-corrected chi connectivity index (χ4v) is 2.56. The topological polar surface area (TPSA) is 89.9 Å². The average molecular weight is 272 g/mol. The number of carbonyl (C=O) groups excluding carboxylic acids is 1. The van der Waals surface area contributed by atoms with Crippen molar-refractivity contribution in [1.29, 1.82) is 0 Å². The van der Waals surface area contributed by atoms with Crippen molar-refractivity contribution in [3.8, 4) is 0 Å². The minimum atomic E-state index is -1.12. The molecule has 3 atom stereocenters. The maximum absolute atomic E-state index is 12.0. The number of rotatable bonds is 5. The molecule has 0 aliphatic heterocycles. The van der Waals surface area contributed by atoms with E-state index in [0.717, 1.165) is 19.3 Å². The molecule has 0 radical (unpaired) electrons. The number of hydrogen-bond acceptors (Lipinski definition) is 3. The molecule has 0 aromatic carbocycles. The summed E-state index contributed by atoms with van der Waals surface area (Å²) in [6, 6.07) is -1.23. The maximum Gasteiger partial charge on any atom is 0.326 e. The van der Waals surface area contributed by atoms with Crippen LogP contribution in [-0.4, -0.2) is 52.9 Å². The highest BCUT2D eigenvalue weighted by atomic mass is 16.4. The number of nitrogens with zero attached hydrogens (tertiary/aromatic N) is 1. The molecule has 1 saturated carbocycles. The lowest BCUT2D eigenvalue weighted by molar-refractivity contribution is -0.139. The molecule has 0 spiro atoms. The van der Waals surface area contributed by atoms with Crippen LogP contribution in [0.2, 0.25) is 0 Å². The smallest absolute Gasteiger partial charge is 0.326 e. The second kappa shape index (κ2) is 7.33. The maximum atomic E-state index is 12.0. The van der Waals surface area contributed by atoms with Crippen molar-refractivity contribution in [3.63, 3.8) is 0 Å². The Balaban J connectivity index is 2.53. The molecule has 2 unspecified atom stereocenters. The van der Waals surface area contributed by atoms with Gasteiger partial charge >= 0.3 is 12.0 Å². The van der Waals surface area contributed by atoms with E-state index < -0.39 is 12.0 Å². The molecule has 0 heterocycles. The minimum absolute atomic E-state index is 0.0238. The first-order valence-electron chi connectivity index (χ1n) is 6.82. The van der Waals surface area contributed by atoms with Gasteiger partial charge in [0.05, 0.1) is 0 Å². The van der Waals surface area contributed by atoms with Crippen LogP contribution in [0.15, 0.2) is 0 Å². The van der Waals surface area contributed by atoms with Crippen molar-refractivity contribution in [2.45, 2.75) is 51.1 Å². The van der Waals surface area contributed by atoms with Crippen molar-refractivity contribution in [2.24, 2.45) is 5.92 Å². The number of nitrogens with one attached hydrogen (secondary N) is 1. The van der Waals surface area contributed by atoms with Crippen LogP contribution in [0.3, 0.4) is 0 Å². The second-order valence-electron chi connectivity index (χ2n) is 5.39. The first-order valence-corrected chi connectivity index (χ1v) is 6.82. The molecular formula is C13H24N2O4. The lowest BCUT2D eigenvalue weighted by Gasteiger charge is -2.34. The van der Waals surface area contributed by atoms with E-state index in [4.69, 9.17) is 10.2 Å². The van der Waals surface area contributed by atoms with E-state index in [1.165, 1.54) is 6.42 Å². The highest BCUT2D eigenvalue weighted by Crippen LogP contribution is 2.26. The van der Waals surface area contributed by atoms with Gasteiger partial charge in [0, 0.05) is 26.1 Å². The highest BCUT2D eigenvalue weighted by molar-refractivity contribution is 5.82. The number of hydrogen-bond donors (Lipinski definition) is 3. The van der Waals surface area contributed by atoms with Crippen molar-refractivity contribution < 1.29 is 19.8 Å². The van der Waals surface area contributed by atoms with Crippen molar-refractivity contribution in [2.75, 3.05) is 13.7 Å². The van der Waals surface area contributed by atoms with Gasteiger partial charge in [-0.25, -0.2) is 9.59 Å². The van der Waals surface area contributed by atoms with E-state index in [2.05, 4.69) is 12.2 Å². The number of aliphatic carboxylic acids is 1. The molecule has 6 nitrogen and oxygen atoms in total. The number of amides is 2. The van der Waals surface area contributed by atoms with Gasteiger partial charge in [0.1, 0.15) is 6.04 Å². The third kappa shape index (κ3) is 4.70. The summed E-state index contributed by atoms with van der Waals surface area (Å²) in [7, 11) is 1.70. The van der Waals surface area contributed by atoms with E-state index in [1.54, 1.807) is 11.9 Å². The van der Waals surface area contributed by atoms with Crippen LogP contribution in [0.1, 0.15) is 39.0 Å². The molecule has 0 saturated heterocycles. The molecule has 0 bridgehead atoms. The Morgan fingerprint density at radius 3 is 2.63 bits per heavy atom. The third-order valence-corrected chi connectivity index (χ3v) is 3.79. The van der Waals surface area contributed by atoms with Gasteiger partial charge in [-0.2, -0.15) is 0 Å². The largest absolute Gasteiger partial charge is 0.480 e. The number of carbonyl (C=O) groups is 2. The number of urea groups is 1.